The van der Waals surface area contributed by atoms with E-state index in [1.807, 2.05) is 25.5 Å². The Morgan fingerprint density at radius 3 is 3.06 bits per heavy atom. The standard InChI is InChI=1S/C12H12ClN3/c1-16-7-9(6-15-16)10-4-8-2-3-14-12(8)5-11(10)13/h4-7,14H,2-3H2,1H3. The van der Waals surface area contributed by atoms with Crippen LogP contribution < -0.4 is 5.32 Å². The van der Waals surface area contributed by atoms with E-state index in [9.17, 15) is 0 Å². The van der Waals surface area contributed by atoms with Crippen LogP contribution in [0.5, 0.6) is 0 Å². The van der Waals surface area contributed by atoms with Crippen molar-refractivity contribution in [3.8, 4) is 11.1 Å². The Morgan fingerprint density at radius 1 is 1.44 bits per heavy atom. The molecular formula is C12H12ClN3. The first-order valence-corrected chi connectivity index (χ1v) is 5.67. The Bertz CT molecular complexity index is 545. The Labute approximate surface area is 99.0 Å². The molecule has 1 aromatic carbocycles. The van der Waals surface area contributed by atoms with Gasteiger partial charge in [0.15, 0.2) is 0 Å². The zero-order chi connectivity index (χ0) is 11.1. The summed E-state index contributed by atoms with van der Waals surface area (Å²) in [5.41, 5.74) is 4.64. The van der Waals surface area contributed by atoms with Crippen LogP contribution >= 0.6 is 11.6 Å². The molecule has 3 rings (SSSR count). The molecule has 0 saturated carbocycles. The maximum absolute atomic E-state index is 6.27. The maximum atomic E-state index is 6.27. The van der Waals surface area contributed by atoms with Gasteiger partial charge in [0.25, 0.3) is 0 Å². The largest absolute Gasteiger partial charge is 0.384 e. The van der Waals surface area contributed by atoms with E-state index in [0.29, 0.717) is 0 Å². The molecule has 4 heteroatoms. The van der Waals surface area contributed by atoms with E-state index in [-0.39, 0.29) is 0 Å². The zero-order valence-corrected chi connectivity index (χ0v) is 9.75. The molecule has 0 amide bonds. The van der Waals surface area contributed by atoms with E-state index in [1.165, 1.54) is 5.56 Å². The fourth-order valence-electron chi connectivity index (χ4n) is 2.10. The topological polar surface area (TPSA) is 29.9 Å². The van der Waals surface area contributed by atoms with Gasteiger partial charge in [-0.2, -0.15) is 5.10 Å². The second kappa shape index (κ2) is 3.52. The molecule has 1 aromatic heterocycles. The smallest absolute Gasteiger partial charge is 0.0568 e. The number of hydrogen-bond donors (Lipinski definition) is 1. The predicted octanol–water partition coefficient (Wildman–Crippen LogP) is 2.71. The van der Waals surface area contributed by atoms with Gasteiger partial charge in [-0.1, -0.05) is 11.6 Å². The van der Waals surface area contributed by atoms with Gasteiger partial charge < -0.3 is 5.32 Å². The Hall–Kier alpha value is -1.48. The van der Waals surface area contributed by atoms with Gasteiger partial charge in [0.05, 0.1) is 11.2 Å². The highest BCUT2D eigenvalue weighted by molar-refractivity contribution is 6.33. The number of aryl methyl sites for hydroxylation is 1. The normalized spacial score (nSPS) is 13.6. The lowest BCUT2D eigenvalue weighted by Crippen LogP contribution is -1.90. The SMILES string of the molecule is Cn1cc(-c2cc3c(cc2Cl)NCC3)cn1. The molecule has 1 aliphatic rings. The summed E-state index contributed by atoms with van der Waals surface area (Å²) in [6, 6.07) is 4.17. The highest BCUT2D eigenvalue weighted by Gasteiger charge is 2.14. The van der Waals surface area contributed by atoms with Crippen LogP contribution in [0.25, 0.3) is 11.1 Å². The molecular weight excluding hydrogens is 222 g/mol. The molecule has 0 bridgehead atoms. The van der Waals surface area contributed by atoms with Gasteiger partial charge >= 0.3 is 0 Å². The summed E-state index contributed by atoms with van der Waals surface area (Å²) in [4.78, 5) is 0. The summed E-state index contributed by atoms with van der Waals surface area (Å²) in [7, 11) is 1.91. The molecule has 0 aliphatic carbocycles. The van der Waals surface area contributed by atoms with Gasteiger partial charge in [0.2, 0.25) is 0 Å². The molecule has 0 saturated heterocycles. The molecule has 2 aromatic rings. The Morgan fingerprint density at radius 2 is 2.31 bits per heavy atom. The van der Waals surface area contributed by atoms with Gasteiger partial charge in [-0.15, -0.1) is 0 Å². The number of benzene rings is 1. The average Bonchev–Trinajstić information content (AvgIpc) is 2.84. The lowest BCUT2D eigenvalue weighted by Gasteiger charge is -2.05. The fraction of sp³-hybridized carbons (Fsp3) is 0.250. The van der Waals surface area contributed by atoms with Crippen LogP contribution in [0, 0.1) is 0 Å². The van der Waals surface area contributed by atoms with E-state index < -0.39 is 0 Å². The minimum Gasteiger partial charge on any atom is -0.384 e. The average molecular weight is 234 g/mol. The highest BCUT2D eigenvalue weighted by Crippen LogP contribution is 2.34. The number of fused-ring (bicyclic) bond motifs is 1. The quantitative estimate of drug-likeness (QED) is 0.821. The summed E-state index contributed by atoms with van der Waals surface area (Å²) in [5.74, 6) is 0. The van der Waals surface area contributed by atoms with E-state index >= 15 is 0 Å². The first kappa shape index (κ1) is 9.73. The molecule has 1 N–H and O–H groups in total. The van der Waals surface area contributed by atoms with E-state index in [1.54, 1.807) is 4.68 Å². The highest BCUT2D eigenvalue weighted by atomic mass is 35.5. The summed E-state index contributed by atoms with van der Waals surface area (Å²) in [6.45, 7) is 1.00. The van der Waals surface area contributed by atoms with E-state index in [2.05, 4.69) is 16.5 Å². The van der Waals surface area contributed by atoms with Crippen LogP contribution in [0.4, 0.5) is 5.69 Å². The van der Waals surface area contributed by atoms with Crippen LogP contribution in [0.2, 0.25) is 5.02 Å². The third-order valence-corrected chi connectivity index (χ3v) is 3.23. The molecule has 16 heavy (non-hydrogen) atoms. The van der Waals surface area contributed by atoms with Gasteiger partial charge in [0.1, 0.15) is 0 Å². The third-order valence-electron chi connectivity index (χ3n) is 2.92. The first-order valence-electron chi connectivity index (χ1n) is 5.29. The van der Waals surface area contributed by atoms with E-state index in [4.69, 9.17) is 11.6 Å². The van der Waals surface area contributed by atoms with Crippen LogP contribution in [0.1, 0.15) is 5.56 Å². The summed E-state index contributed by atoms with van der Waals surface area (Å²) < 4.78 is 1.79. The zero-order valence-electron chi connectivity index (χ0n) is 9.00. The van der Waals surface area contributed by atoms with E-state index in [0.717, 1.165) is 34.8 Å². The molecule has 0 spiro atoms. The minimum atomic E-state index is 0.779. The van der Waals surface area contributed by atoms with Gasteiger partial charge in [-0.3, -0.25) is 4.68 Å². The summed E-state index contributed by atoms with van der Waals surface area (Å²) >= 11 is 6.27. The van der Waals surface area contributed by atoms with Crippen molar-refractivity contribution in [2.24, 2.45) is 7.05 Å². The van der Waals surface area contributed by atoms with Crippen molar-refractivity contribution in [1.29, 1.82) is 0 Å². The third kappa shape index (κ3) is 1.48. The number of nitrogens with zero attached hydrogens (tertiary/aromatic N) is 2. The minimum absolute atomic E-state index is 0.779. The maximum Gasteiger partial charge on any atom is 0.0568 e. The lowest BCUT2D eigenvalue weighted by atomic mass is 10.0. The van der Waals surface area contributed by atoms with Crippen LogP contribution in [0.15, 0.2) is 24.5 Å². The number of aromatic nitrogens is 2. The molecule has 82 valence electrons. The molecule has 0 unspecified atom stereocenters. The number of rotatable bonds is 1. The predicted molar refractivity (Wildman–Crippen MR) is 65.8 cm³/mol. The molecule has 0 radical (unpaired) electrons. The summed E-state index contributed by atoms with van der Waals surface area (Å²) in [5, 5.41) is 8.27. The van der Waals surface area contributed by atoms with Crippen molar-refractivity contribution in [1.82, 2.24) is 9.78 Å². The lowest BCUT2D eigenvalue weighted by molar-refractivity contribution is 0.768. The molecule has 3 nitrogen and oxygen atoms in total. The monoisotopic (exact) mass is 233 g/mol. The number of nitrogens with one attached hydrogen (secondary N) is 1. The van der Waals surface area contributed by atoms with Crippen molar-refractivity contribution in [3.63, 3.8) is 0 Å². The van der Waals surface area contributed by atoms with Crippen LogP contribution in [-0.2, 0) is 13.5 Å². The summed E-state index contributed by atoms with van der Waals surface area (Å²) in [6.07, 6.45) is 4.89. The van der Waals surface area contributed by atoms with Gasteiger partial charge in [-0.25, -0.2) is 0 Å². The second-order valence-corrected chi connectivity index (χ2v) is 4.48. The van der Waals surface area contributed by atoms with Gasteiger partial charge in [-0.05, 0) is 24.1 Å². The van der Waals surface area contributed by atoms with Crippen molar-refractivity contribution >= 4 is 17.3 Å². The molecule has 0 atom stereocenters. The van der Waals surface area contributed by atoms with Crippen LogP contribution in [-0.4, -0.2) is 16.3 Å². The van der Waals surface area contributed by atoms with Crippen molar-refractivity contribution in [2.45, 2.75) is 6.42 Å². The van der Waals surface area contributed by atoms with Crippen molar-refractivity contribution in [2.75, 3.05) is 11.9 Å². The molecule has 2 heterocycles. The van der Waals surface area contributed by atoms with Crippen molar-refractivity contribution in [3.05, 3.63) is 35.1 Å². The van der Waals surface area contributed by atoms with Gasteiger partial charge in [0, 0.05) is 36.6 Å². The Balaban J connectivity index is 2.14. The molecule has 1 aliphatic heterocycles. The Kier molecular flexibility index (Phi) is 2.14. The van der Waals surface area contributed by atoms with Crippen LogP contribution in [0.3, 0.4) is 0 Å². The first-order chi connectivity index (χ1) is 7.74. The fourth-order valence-corrected chi connectivity index (χ4v) is 2.38. The number of halogens is 1. The molecule has 0 fully saturated rings. The number of hydrogen-bond acceptors (Lipinski definition) is 2. The number of anilines is 1. The second-order valence-electron chi connectivity index (χ2n) is 4.07. The van der Waals surface area contributed by atoms with Crippen molar-refractivity contribution < 1.29 is 0 Å².